The van der Waals surface area contributed by atoms with E-state index in [2.05, 4.69) is 11.9 Å². The van der Waals surface area contributed by atoms with Crippen LogP contribution in [0.15, 0.2) is 24.3 Å². The first-order valence-corrected chi connectivity index (χ1v) is 7.54. The van der Waals surface area contributed by atoms with Gasteiger partial charge < -0.3 is 14.7 Å². The minimum atomic E-state index is -0.773. The number of carbonyl (C=O) groups is 1. The third-order valence-electron chi connectivity index (χ3n) is 4.11. The standard InChI is InChI=1S/C17H25NO3/c1-17(2,11-16(19)20)13-6-8-14(9-7-13)21-15-5-4-10-18(3)12-15/h6-9,15H,4-5,10-12H2,1-3H3,(H,19,20). The maximum atomic E-state index is 10.9. The highest BCUT2D eigenvalue weighted by atomic mass is 16.5. The number of hydrogen-bond acceptors (Lipinski definition) is 3. The third kappa shape index (κ3) is 4.46. The number of likely N-dealkylation sites (N-methyl/N-ethyl adjacent to an activating group) is 1. The highest BCUT2D eigenvalue weighted by Crippen LogP contribution is 2.29. The number of rotatable bonds is 5. The first-order valence-electron chi connectivity index (χ1n) is 7.54. The SMILES string of the molecule is CN1CCCC(Oc2ccc(C(C)(C)CC(=O)O)cc2)C1. The number of ether oxygens (including phenoxy) is 1. The molecule has 0 radical (unpaired) electrons. The Morgan fingerprint density at radius 3 is 2.62 bits per heavy atom. The molecule has 1 aliphatic rings. The summed E-state index contributed by atoms with van der Waals surface area (Å²) in [5.74, 6) is 0.0933. The van der Waals surface area contributed by atoms with Gasteiger partial charge in [0.15, 0.2) is 0 Å². The van der Waals surface area contributed by atoms with Crippen LogP contribution >= 0.6 is 0 Å². The zero-order valence-electron chi connectivity index (χ0n) is 13.1. The zero-order chi connectivity index (χ0) is 15.5. The molecule has 1 fully saturated rings. The Hall–Kier alpha value is -1.55. The number of aliphatic carboxylic acids is 1. The van der Waals surface area contributed by atoms with Crippen molar-refractivity contribution in [1.82, 2.24) is 4.90 Å². The van der Waals surface area contributed by atoms with Crippen LogP contribution < -0.4 is 4.74 Å². The van der Waals surface area contributed by atoms with Crippen LogP contribution in [0.3, 0.4) is 0 Å². The molecule has 1 aliphatic heterocycles. The summed E-state index contributed by atoms with van der Waals surface area (Å²) in [6, 6.07) is 7.86. The minimum Gasteiger partial charge on any atom is -0.489 e. The quantitative estimate of drug-likeness (QED) is 0.906. The van der Waals surface area contributed by atoms with Crippen molar-refractivity contribution in [2.75, 3.05) is 20.1 Å². The van der Waals surface area contributed by atoms with Crippen LogP contribution in [0.4, 0.5) is 0 Å². The van der Waals surface area contributed by atoms with Gasteiger partial charge in [0.2, 0.25) is 0 Å². The molecule has 0 amide bonds. The molecule has 1 saturated heterocycles. The Morgan fingerprint density at radius 2 is 2.05 bits per heavy atom. The lowest BCUT2D eigenvalue weighted by Gasteiger charge is -2.30. The number of nitrogens with zero attached hydrogens (tertiary/aromatic N) is 1. The van der Waals surface area contributed by atoms with E-state index in [4.69, 9.17) is 9.84 Å². The molecule has 0 aliphatic carbocycles. The van der Waals surface area contributed by atoms with Crippen LogP contribution in [0.2, 0.25) is 0 Å². The predicted molar refractivity (Wildman–Crippen MR) is 82.9 cm³/mol. The van der Waals surface area contributed by atoms with Crippen LogP contribution in [0.5, 0.6) is 5.75 Å². The predicted octanol–water partition coefficient (Wildman–Crippen LogP) is 2.91. The zero-order valence-corrected chi connectivity index (χ0v) is 13.1. The van der Waals surface area contributed by atoms with Gasteiger partial charge in [-0.05, 0) is 44.1 Å². The van der Waals surface area contributed by atoms with Crippen LogP contribution in [0.1, 0.15) is 38.7 Å². The molecule has 4 nitrogen and oxygen atoms in total. The van der Waals surface area contributed by atoms with E-state index in [0.717, 1.165) is 30.8 Å². The molecule has 2 rings (SSSR count). The lowest BCUT2D eigenvalue weighted by Crippen LogP contribution is -2.38. The highest BCUT2D eigenvalue weighted by Gasteiger charge is 2.24. The summed E-state index contributed by atoms with van der Waals surface area (Å²) in [6.45, 7) is 6.01. The summed E-state index contributed by atoms with van der Waals surface area (Å²) in [5, 5.41) is 8.98. The van der Waals surface area contributed by atoms with Crippen molar-refractivity contribution in [3.63, 3.8) is 0 Å². The van der Waals surface area contributed by atoms with E-state index < -0.39 is 5.97 Å². The summed E-state index contributed by atoms with van der Waals surface area (Å²) in [7, 11) is 2.12. The molecule has 0 aromatic heterocycles. The molecule has 1 aromatic carbocycles. The normalized spacial score (nSPS) is 20.2. The first kappa shape index (κ1) is 15.8. The molecule has 1 aromatic rings. The van der Waals surface area contributed by atoms with Crippen molar-refractivity contribution in [1.29, 1.82) is 0 Å². The van der Waals surface area contributed by atoms with Crippen LogP contribution in [0, 0.1) is 0 Å². The van der Waals surface area contributed by atoms with Gasteiger partial charge in [-0.15, -0.1) is 0 Å². The molecule has 0 spiro atoms. The minimum absolute atomic E-state index is 0.126. The van der Waals surface area contributed by atoms with Crippen molar-refractivity contribution < 1.29 is 14.6 Å². The lowest BCUT2D eigenvalue weighted by molar-refractivity contribution is -0.138. The largest absolute Gasteiger partial charge is 0.489 e. The Balaban J connectivity index is 2.00. The number of hydrogen-bond donors (Lipinski definition) is 1. The van der Waals surface area contributed by atoms with Gasteiger partial charge in [0.1, 0.15) is 11.9 Å². The van der Waals surface area contributed by atoms with Gasteiger partial charge in [-0.2, -0.15) is 0 Å². The Morgan fingerprint density at radius 1 is 1.38 bits per heavy atom. The van der Waals surface area contributed by atoms with E-state index in [1.807, 2.05) is 38.1 Å². The van der Waals surface area contributed by atoms with Gasteiger partial charge in [0.25, 0.3) is 0 Å². The third-order valence-corrected chi connectivity index (χ3v) is 4.11. The summed E-state index contributed by atoms with van der Waals surface area (Å²) in [6.07, 6.45) is 2.64. The van der Waals surface area contributed by atoms with E-state index in [1.165, 1.54) is 6.42 Å². The molecule has 0 bridgehead atoms. The summed E-state index contributed by atoms with van der Waals surface area (Å²) in [4.78, 5) is 13.2. The number of carboxylic acids is 1. The van der Waals surface area contributed by atoms with Crippen LogP contribution in [-0.2, 0) is 10.2 Å². The van der Waals surface area contributed by atoms with Gasteiger partial charge in [0, 0.05) is 12.0 Å². The number of benzene rings is 1. The van der Waals surface area contributed by atoms with E-state index in [1.54, 1.807) is 0 Å². The van der Waals surface area contributed by atoms with Crippen molar-refractivity contribution in [2.45, 2.75) is 44.6 Å². The lowest BCUT2D eigenvalue weighted by atomic mass is 9.82. The second kappa shape index (κ2) is 6.48. The van der Waals surface area contributed by atoms with E-state index in [9.17, 15) is 4.79 Å². The monoisotopic (exact) mass is 291 g/mol. The average molecular weight is 291 g/mol. The van der Waals surface area contributed by atoms with Crippen molar-refractivity contribution >= 4 is 5.97 Å². The van der Waals surface area contributed by atoms with Crippen molar-refractivity contribution in [2.24, 2.45) is 0 Å². The number of likely N-dealkylation sites (tertiary alicyclic amines) is 1. The first-order chi connectivity index (χ1) is 9.87. The summed E-state index contributed by atoms with van der Waals surface area (Å²) in [5.41, 5.74) is 0.660. The fraction of sp³-hybridized carbons (Fsp3) is 0.588. The molecule has 1 atom stereocenters. The molecule has 1 N–H and O–H groups in total. The fourth-order valence-corrected chi connectivity index (χ4v) is 2.87. The topological polar surface area (TPSA) is 49.8 Å². The van der Waals surface area contributed by atoms with E-state index >= 15 is 0 Å². The Bertz CT molecular complexity index is 481. The molecule has 4 heteroatoms. The molecule has 1 unspecified atom stereocenters. The van der Waals surface area contributed by atoms with Crippen LogP contribution in [0.25, 0.3) is 0 Å². The van der Waals surface area contributed by atoms with Crippen molar-refractivity contribution in [3.05, 3.63) is 29.8 Å². The number of carboxylic acid groups (broad SMARTS) is 1. The number of piperidine rings is 1. The summed E-state index contributed by atoms with van der Waals surface area (Å²) < 4.78 is 6.02. The highest BCUT2D eigenvalue weighted by molar-refractivity contribution is 5.68. The van der Waals surface area contributed by atoms with Gasteiger partial charge >= 0.3 is 5.97 Å². The molecule has 21 heavy (non-hydrogen) atoms. The van der Waals surface area contributed by atoms with Crippen molar-refractivity contribution in [3.8, 4) is 5.75 Å². The second-order valence-corrected chi connectivity index (χ2v) is 6.62. The maximum Gasteiger partial charge on any atom is 0.304 e. The molecule has 0 saturated carbocycles. The average Bonchev–Trinajstić information content (AvgIpc) is 2.38. The summed E-state index contributed by atoms with van der Waals surface area (Å²) >= 11 is 0. The van der Waals surface area contributed by atoms with E-state index in [0.29, 0.717) is 0 Å². The Kier molecular flexibility index (Phi) is 4.88. The second-order valence-electron chi connectivity index (χ2n) is 6.62. The molecule has 1 heterocycles. The van der Waals surface area contributed by atoms with Gasteiger partial charge in [-0.1, -0.05) is 26.0 Å². The molecule has 116 valence electrons. The van der Waals surface area contributed by atoms with Crippen LogP contribution in [-0.4, -0.2) is 42.2 Å². The Labute approximate surface area is 126 Å². The molecular formula is C17H25NO3. The van der Waals surface area contributed by atoms with E-state index in [-0.39, 0.29) is 17.9 Å². The maximum absolute atomic E-state index is 10.9. The smallest absolute Gasteiger partial charge is 0.304 e. The van der Waals surface area contributed by atoms with Gasteiger partial charge in [0.05, 0.1) is 6.42 Å². The van der Waals surface area contributed by atoms with Gasteiger partial charge in [-0.3, -0.25) is 4.79 Å². The fourth-order valence-electron chi connectivity index (χ4n) is 2.87. The molecular weight excluding hydrogens is 266 g/mol. The van der Waals surface area contributed by atoms with Gasteiger partial charge in [-0.25, -0.2) is 0 Å².